The lowest BCUT2D eigenvalue weighted by molar-refractivity contribution is -0.127. The van der Waals surface area contributed by atoms with Crippen LogP contribution in [-0.2, 0) is 19.6 Å². The first kappa shape index (κ1) is 24.5. The first-order valence-corrected chi connectivity index (χ1v) is 13.1. The summed E-state index contributed by atoms with van der Waals surface area (Å²) in [5, 5.41) is 5.80. The molecular weight excluding hydrogens is 430 g/mol. The highest BCUT2D eigenvalue weighted by Gasteiger charge is 2.32. The van der Waals surface area contributed by atoms with E-state index in [1.54, 1.807) is 24.3 Å². The number of amides is 2. The van der Waals surface area contributed by atoms with E-state index in [1.165, 1.54) is 10.7 Å². The van der Waals surface area contributed by atoms with Crippen molar-refractivity contribution in [1.29, 1.82) is 0 Å². The van der Waals surface area contributed by atoms with Crippen LogP contribution in [-0.4, -0.2) is 57.3 Å². The second-order valence-electron chi connectivity index (χ2n) is 8.50. The molecule has 2 amide bonds. The van der Waals surface area contributed by atoms with Crippen LogP contribution in [0.15, 0.2) is 29.2 Å². The van der Waals surface area contributed by atoms with E-state index in [2.05, 4.69) is 10.6 Å². The Bertz CT molecular complexity index is 858. The summed E-state index contributed by atoms with van der Waals surface area (Å²) in [6, 6.07) is 6.43. The molecule has 0 aromatic heterocycles. The molecule has 0 atom stereocenters. The molecule has 1 saturated heterocycles. The minimum atomic E-state index is -3.59. The molecular formula is C23H35N3O5S. The highest BCUT2D eigenvalue weighted by Crippen LogP contribution is 2.25. The van der Waals surface area contributed by atoms with Crippen LogP contribution in [0.25, 0.3) is 0 Å². The van der Waals surface area contributed by atoms with Crippen LogP contribution in [0, 0.1) is 11.8 Å². The van der Waals surface area contributed by atoms with E-state index in [4.69, 9.17) is 4.74 Å². The number of hydrogen-bond acceptors (Lipinski definition) is 5. The summed E-state index contributed by atoms with van der Waals surface area (Å²) in [5.41, 5.74) is 0. The maximum Gasteiger partial charge on any atom is 0.243 e. The molecule has 1 saturated carbocycles. The fraction of sp³-hybridized carbons (Fsp3) is 0.652. The van der Waals surface area contributed by atoms with Gasteiger partial charge in [-0.1, -0.05) is 19.3 Å². The van der Waals surface area contributed by atoms with Crippen molar-refractivity contribution < 1.29 is 22.7 Å². The van der Waals surface area contributed by atoms with Crippen LogP contribution in [0.1, 0.15) is 51.9 Å². The van der Waals surface area contributed by atoms with Crippen molar-refractivity contribution >= 4 is 21.8 Å². The van der Waals surface area contributed by atoms with Gasteiger partial charge >= 0.3 is 0 Å². The van der Waals surface area contributed by atoms with E-state index >= 15 is 0 Å². The third-order valence-electron chi connectivity index (χ3n) is 6.30. The van der Waals surface area contributed by atoms with Crippen LogP contribution in [0.3, 0.4) is 0 Å². The molecule has 2 aliphatic rings. The molecule has 0 bridgehead atoms. The van der Waals surface area contributed by atoms with Crippen molar-refractivity contribution in [3.63, 3.8) is 0 Å². The minimum Gasteiger partial charge on any atom is -0.494 e. The van der Waals surface area contributed by atoms with Gasteiger partial charge in [0.2, 0.25) is 21.8 Å². The maximum absolute atomic E-state index is 12.9. The number of carbonyl (C=O) groups is 2. The average Bonchev–Trinajstić information content (AvgIpc) is 2.83. The number of benzene rings is 1. The third-order valence-corrected chi connectivity index (χ3v) is 8.21. The van der Waals surface area contributed by atoms with Gasteiger partial charge < -0.3 is 15.4 Å². The predicted octanol–water partition coefficient (Wildman–Crippen LogP) is 2.30. The quantitative estimate of drug-likeness (QED) is 0.545. The predicted molar refractivity (Wildman–Crippen MR) is 122 cm³/mol. The number of nitrogens with one attached hydrogen (secondary N) is 2. The van der Waals surface area contributed by atoms with Gasteiger partial charge in [-0.15, -0.1) is 0 Å². The second-order valence-corrected chi connectivity index (χ2v) is 10.4. The molecule has 9 heteroatoms. The molecule has 0 radical (unpaired) electrons. The Morgan fingerprint density at radius 1 is 0.906 bits per heavy atom. The number of piperidine rings is 1. The zero-order valence-electron chi connectivity index (χ0n) is 18.8. The Morgan fingerprint density at radius 3 is 1.97 bits per heavy atom. The van der Waals surface area contributed by atoms with E-state index in [0.717, 1.165) is 25.7 Å². The lowest BCUT2D eigenvalue weighted by Crippen LogP contribution is -2.44. The average molecular weight is 466 g/mol. The summed E-state index contributed by atoms with van der Waals surface area (Å²) in [6.45, 7) is 3.83. The van der Waals surface area contributed by atoms with Gasteiger partial charge in [0.1, 0.15) is 5.75 Å². The third kappa shape index (κ3) is 6.45. The Hall–Kier alpha value is -2.13. The van der Waals surface area contributed by atoms with Gasteiger partial charge in [-0.05, 0) is 56.9 Å². The fourth-order valence-electron chi connectivity index (χ4n) is 4.41. The van der Waals surface area contributed by atoms with Gasteiger partial charge in [0, 0.05) is 38.0 Å². The molecule has 0 spiro atoms. The summed E-state index contributed by atoms with van der Waals surface area (Å²) < 4.78 is 32.6. The van der Waals surface area contributed by atoms with E-state index in [1.807, 2.05) is 6.92 Å². The molecule has 1 aliphatic heterocycles. The number of nitrogens with zero attached hydrogens (tertiary/aromatic N) is 1. The van der Waals surface area contributed by atoms with Gasteiger partial charge in [-0.25, -0.2) is 8.42 Å². The van der Waals surface area contributed by atoms with Crippen LogP contribution in [0.5, 0.6) is 5.75 Å². The highest BCUT2D eigenvalue weighted by molar-refractivity contribution is 7.89. The molecule has 1 aromatic rings. The van der Waals surface area contributed by atoms with Crippen LogP contribution in [0.2, 0.25) is 0 Å². The van der Waals surface area contributed by atoms with Gasteiger partial charge in [0.15, 0.2) is 0 Å². The first-order valence-electron chi connectivity index (χ1n) is 11.7. The number of hydrogen-bond donors (Lipinski definition) is 2. The maximum atomic E-state index is 12.9. The Balaban J connectivity index is 1.39. The topological polar surface area (TPSA) is 105 Å². The summed E-state index contributed by atoms with van der Waals surface area (Å²) in [5.74, 6) is 0.551. The lowest BCUT2D eigenvalue weighted by Gasteiger charge is -2.30. The van der Waals surface area contributed by atoms with E-state index < -0.39 is 10.0 Å². The SMILES string of the molecule is CCOc1ccc(S(=O)(=O)N2CCC(C(=O)NCCNC(=O)C3CCCCC3)CC2)cc1. The molecule has 2 fully saturated rings. The smallest absolute Gasteiger partial charge is 0.243 e. The van der Waals surface area contributed by atoms with Crippen molar-refractivity contribution in [2.45, 2.75) is 56.8 Å². The molecule has 1 aromatic carbocycles. The molecule has 2 N–H and O–H groups in total. The molecule has 8 nitrogen and oxygen atoms in total. The molecule has 3 rings (SSSR count). The number of carbonyl (C=O) groups excluding carboxylic acids is 2. The van der Waals surface area contributed by atoms with Crippen molar-refractivity contribution in [3.05, 3.63) is 24.3 Å². The fourth-order valence-corrected chi connectivity index (χ4v) is 5.88. The van der Waals surface area contributed by atoms with Gasteiger partial charge in [0.05, 0.1) is 11.5 Å². The van der Waals surface area contributed by atoms with Gasteiger partial charge in [0.25, 0.3) is 0 Å². The monoisotopic (exact) mass is 465 g/mol. The second kappa shape index (κ2) is 11.7. The minimum absolute atomic E-state index is 0.0740. The number of sulfonamides is 1. The zero-order chi connectivity index (χ0) is 23.0. The van der Waals surface area contributed by atoms with Crippen molar-refractivity contribution in [2.24, 2.45) is 11.8 Å². The van der Waals surface area contributed by atoms with E-state index in [0.29, 0.717) is 51.4 Å². The van der Waals surface area contributed by atoms with Crippen molar-refractivity contribution in [3.8, 4) is 5.75 Å². The normalized spacial score (nSPS) is 18.8. The Morgan fingerprint density at radius 2 is 1.44 bits per heavy atom. The molecule has 1 aliphatic carbocycles. The molecule has 32 heavy (non-hydrogen) atoms. The Kier molecular flexibility index (Phi) is 8.92. The molecule has 1 heterocycles. The van der Waals surface area contributed by atoms with Gasteiger partial charge in [-0.3, -0.25) is 9.59 Å². The van der Waals surface area contributed by atoms with Crippen molar-refractivity contribution in [2.75, 3.05) is 32.8 Å². The van der Waals surface area contributed by atoms with Crippen LogP contribution >= 0.6 is 0 Å². The summed E-state index contributed by atoms with van der Waals surface area (Å²) in [6.07, 6.45) is 6.31. The van der Waals surface area contributed by atoms with Crippen molar-refractivity contribution in [1.82, 2.24) is 14.9 Å². The summed E-state index contributed by atoms with van der Waals surface area (Å²) in [4.78, 5) is 24.8. The van der Waals surface area contributed by atoms with E-state index in [9.17, 15) is 18.0 Å². The molecule has 0 unspecified atom stereocenters. The van der Waals surface area contributed by atoms with Crippen LogP contribution in [0.4, 0.5) is 0 Å². The summed E-state index contributed by atoms with van der Waals surface area (Å²) in [7, 11) is -3.59. The standard InChI is InChI=1S/C23H35N3O5S/c1-2-31-20-8-10-21(11-9-20)32(29,30)26-16-12-19(13-17-26)23(28)25-15-14-24-22(27)18-6-4-3-5-7-18/h8-11,18-19H,2-7,12-17H2,1H3,(H,24,27)(H,25,28). The zero-order valence-corrected chi connectivity index (χ0v) is 19.7. The first-order chi connectivity index (χ1) is 15.4. The number of ether oxygens (including phenoxy) is 1. The summed E-state index contributed by atoms with van der Waals surface area (Å²) >= 11 is 0. The Labute approximate surface area is 191 Å². The van der Waals surface area contributed by atoms with Gasteiger partial charge in [-0.2, -0.15) is 4.31 Å². The van der Waals surface area contributed by atoms with E-state index in [-0.39, 0.29) is 28.5 Å². The van der Waals surface area contributed by atoms with Crippen LogP contribution < -0.4 is 15.4 Å². The lowest BCUT2D eigenvalue weighted by atomic mass is 9.89. The number of rotatable bonds is 9. The molecule has 178 valence electrons. The largest absolute Gasteiger partial charge is 0.494 e. The highest BCUT2D eigenvalue weighted by atomic mass is 32.2.